The van der Waals surface area contributed by atoms with Crippen molar-refractivity contribution in [3.05, 3.63) is 0 Å². The van der Waals surface area contributed by atoms with Crippen LogP contribution in [0.5, 0.6) is 0 Å². The van der Waals surface area contributed by atoms with Gasteiger partial charge >= 0.3 is 0 Å². The standard InChI is InChI=1S/C7H16N2S/c1-5(7(2,3)4)9-6(8)10/h5H,1-4H3,(H3,8,9,10). The van der Waals surface area contributed by atoms with Crippen LogP contribution in [0.2, 0.25) is 0 Å². The Morgan fingerprint density at radius 3 is 2.00 bits per heavy atom. The van der Waals surface area contributed by atoms with Gasteiger partial charge in [-0.25, -0.2) is 0 Å². The lowest BCUT2D eigenvalue weighted by Crippen LogP contribution is -2.43. The van der Waals surface area contributed by atoms with Gasteiger partial charge in [0, 0.05) is 6.04 Å². The molecule has 1 unspecified atom stereocenters. The van der Waals surface area contributed by atoms with Crippen molar-refractivity contribution < 1.29 is 0 Å². The highest BCUT2D eigenvalue weighted by molar-refractivity contribution is 7.80. The summed E-state index contributed by atoms with van der Waals surface area (Å²) in [4.78, 5) is 0. The molecule has 3 N–H and O–H groups in total. The minimum Gasteiger partial charge on any atom is -0.376 e. The zero-order chi connectivity index (χ0) is 8.36. The number of rotatable bonds is 1. The summed E-state index contributed by atoms with van der Waals surface area (Å²) in [6, 6.07) is 0.324. The van der Waals surface area contributed by atoms with Crippen LogP contribution in [0.15, 0.2) is 0 Å². The van der Waals surface area contributed by atoms with Crippen LogP contribution < -0.4 is 11.1 Å². The first-order valence-electron chi connectivity index (χ1n) is 3.40. The lowest BCUT2D eigenvalue weighted by Gasteiger charge is -2.28. The van der Waals surface area contributed by atoms with E-state index in [9.17, 15) is 0 Å². The van der Waals surface area contributed by atoms with Gasteiger partial charge in [0.15, 0.2) is 5.11 Å². The number of hydrogen-bond donors (Lipinski definition) is 2. The lowest BCUT2D eigenvalue weighted by atomic mass is 9.88. The predicted octanol–water partition coefficient (Wildman–Crippen LogP) is 1.25. The molecule has 0 aromatic heterocycles. The normalized spacial score (nSPS) is 14.4. The quantitative estimate of drug-likeness (QED) is 0.567. The van der Waals surface area contributed by atoms with E-state index in [1.165, 1.54) is 0 Å². The highest BCUT2D eigenvalue weighted by Gasteiger charge is 2.19. The Bertz CT molecular complexity index is 126. The maximum absolute atomic E-state index is 5.31. The van der Waals surface area contributed by atoms with Crippen molar-refractivity contribution in [1.29, 1.82) is 0 Å². The van der Waals surface area contributed by atoms with Gasteiger partial charge in [-0.15, -0.1) is 0 Å². The number of thiocarbonyl (C=S) groups is 1. The average Bonchev–Trinajstić information content (AvgIpc) is 1.60. The Morgan fingerprint density at radius 1 is 1.50 bits per heavy atom. The molecular weight excluding hydrogens is 144 g/mol. The van der Waals surface area contributed by atoms with E-state index in [0.29, 0.717) is 11.2 Å². The van der Waals surface area contributed by atoms with Crippen molar-refractivity contribution in [2.45, 2.75) is 33.7 Å². The van der Waals surface area contributed by atoms with Crippen LogP contribution in [0, 0.1) is 5.41 Å². The van der Waals surface area contributed by atoms with E-state index >= 15 is 0 Å². The zero-order valence-corrected chi connectivity index (χ0v) is 7.88. The van der Waals surface area contributed by atoms with E-state index in [1.54, 1.807) is 0 Å². The van der Waals surface area contributed by atoms with Gasteiger partial charge < -0.3 is 11.1 Å². The van der Waals surface area contributed by atoms with Gasteiger partial charge in [-0.1, -0.05) is 20.8 Å². The molecule has 60 valence electrons. The van der Waals surface area contributed by atoms with Gasteiger partial charge in [0.25, 0.3) is 0 Å². The monoisotopic (exact) mass is 160 g/mol. The summed E-state index contributed by atoms with van der Waals surface area (Å²) < 4.78 is 0. The number of hydrogen-bond acceptors (Lipinski definition) is 1. The highest BCUT2D eigenvalue weighted by atomic mass is 32.1. The molecule has 10 heavy (non-hydrogen) atoms. The second-order valence-electron chi connectivity index (χ2n) is 3.60. The first-order valence-corrected chi connectivity index (χ1v) is 3.81. The molecule has 1 atom stereocenters. The molecular formula is C7H16N2S. The Hall–Kier alpha value is -0.310. The Labute approximate surface area is 68.2 Å². The summed E-state index contributed by atoms with van der Waals surface area (Å²) in [6.07, 6.45) is 0. The SMILES string of the molecule is CC(NC(N)=S)C(C)(C)C. The van der Waals surface area contributed by atoms with Crippen molar-refractivity contribution in [2.75, 3.05) is 0 Å². The molecule has 3 heteroatoms. The average molecular weight is 160 g/mol. The molecule has 0 saturated heterocycles. The maximum atomic E-state index is 5.31. The Morgan fingerprint density at radius 2 is 1.90 bits per heavy atom. The lowest BCUT2D eigenvalue weighted by molar-refractivity contribution is 0.316. The number of nitrogens with one attached hydrogen (secondary N) is 1. The van der Waals surface area contributed by atoms with Crippen LogP contribution in [-0.4, -0.2) is 11.2 Å². The fraction of sp³-hybridized carbons (Fsp3) is 0.857. The molecule has 0 aliphatic carbocycles. The largest absolute Gasteiger partial charge is 0.376 e. The summed E-state index contributed by atoms with van der Waals surface area (Å²) in [5, 5.41) is 3.37. The van der Waals surface area contributed by atoms with Crippen molar-refractivity contribution in [2.24, 2.45) is 11.1 Å². The fourth-order valence-electron chi connectivity index (χ4n) is 0.430. The van der Waals surface area contributed by atoms with Crippen molar-refractivity contribution in [1.82, 2.24) is 5.32 Å². The summed E-state index contributed by atoms with van der Waals surface area (Å²) in [5.74, 6) is 0. The predicted molar refractivity (Wildman–Crippen MR) is 48.8 cm³/mol. The summed E-state index contributed by atoms with van der Waals surface area (Å²) in [6.45, 7) is 8.49. The van der Waals surface area contributed by atoms with E-state index in [2.05, 4.69) is 33.0 Å². The fourth-order valence-corrected chi connectivity index (χ4v) is 0.607. The first kappa shape index (κ1) is 9.69. The van der Waals surface area contributed by atoms with Crippen LogP contribution in [0.1, 0.15) is 27.7 Å². The van der Waals surface area contributed by atoms with Crippen molar-refractivity contribution in [3.63, 3.8) is 0 Å². The van der Waals surface area contributed by atoms with Crippen LogP contribution in [0.3, 0.4) is 0 Å². The molecule has 0 bridgehead atoms. The summed E-state index contributed by atoms with van der Waals surface area (Å²) >= 11 is 4.71. The van der Waals surface area contributed by atoms with E-state index in [0.717, 1.165) is 0 Å². The molecule has 0 fully saturated rings. The molecule has 0 heterocycles. The first-order chi connectivity index (χ1) is 4.34. The Balaban J connectivity index is 3.85. The third-order valence-corrected chi connectivity index (χ3v) is 1.78. The van der Waals surface area contributed by atoms with Crippen molar-refractivity contribution >= 4 is 17.3 Å². The van der Waals surface area contributed by atoms with Crippen LogP contribution in [0.25, 0.3) is 0 Å². The molecule has 0 amide bonds. The molecule has 0 aliphatic heterocycles. The van der Waals surface area contributed by atoms with E-state index in [4.69, 9.17) is 18.0 Å². The van der Waals surface area contributed by atoms with Crippen LogP contribution in [-0.2, 0) is 0 Å². The Kier molecular flexibility index (Phi) is 3.09. The van der Waals surface area contributed by atoms with Gasteiger partial charge in [-0.3, -0.25) is 0 Å². The van der Waals surface area contributed by atoms with Gasteiger partial charge in [0.05, 0.1) is 0 Å². The summed E-state index contributed by atoms with van der Waals surface area (Å²) in [5.41, 5.74) is 5.52. The second-order valence-corrected chi connectivity index (χ2v) is 4.04. The minimum atomic E-state index is 0.212. The zero-order valence-electron chi connectivity index (χ0n) is 7.06. The molecule has 0 rings (SSSR count). The second kappa shape index (κ2) is 3.19. The number of nitrogens with two attached hydrogens (primary N) is 1. The maximum Gasteiger partial charge on any atom is 0.163 e. The third kappa shape index (κ3) is 3.67. The molecule has 0 aromatic rings. The molecule has 2 nitrogen and oxygen atoms in total. The molecule has 0 spiro atoms. The van der Waals surface area contributed by atoms with Crippen LogP contribution in [0.4, 0.5) is 0 Å². The van der Waals surface area contributed by atoms with Crippen molar-refractivity contribution in [3.8, 4) is 0 Å². The van der Waals surface area contributed by atoms with E-state index in [1.807, 2.05) is 0 Å². The third-order valence-electron chi connectivity index (χ3n) is 1.66. The molecule has 0 radical (unpaired) electrons. The van der Waals surface area contributed by atoms with Crippen LogP contribution >= 0.6 is 12.2 Å². The molecule has 0 aromatic carbocycles. The van der Waals surface area contributed by atoms with E-state index < -0.39 is 0 Å². The van der Waals surface area contributed by atoms with E-state index in [-0.39, 0.29) is 5.41 Å². The van der Waals surface area contributed by atoms with Gasteiger partial charge in [-0.05, 0) is 24.6 Å². The molecule has 0 saturated carbocycles. The molecule has 0 aliphatic rings. The minimum absolute atomic E-state index is 0.212. The smallest absolute Gasteiger partial charge is 0.163 e. The topological polar surface area (TPSA) is 38.0 Å². The van der Waals surface area contributed by atoms with Gasteiger partial charge in [0.2, 0.25) is 0 Å². The summed E-state index contributed by atoms with van der Waals surface area (Å²) in [7, 11) is 0. The van der Waals surface area contributed by atoms with Gasteiger partial charge in [0.1, 0.15) is 0 Å². The highest BCUT2D eigenvalue weighted by Crippen LogP contribution is 2.17. The van der Waals surface area contributed by atoms with Gasteiger partial charge in [-0.2, -0.15) is 0 Å².